The molecule has 1 unspecified atom stereocenters. The molecule has 0 bridgehead atoms. The minimum absolute atomic E-state index is 0.000108. The van der Waals surface area contributed by atoms with Crippen molar-refractivity contribution in [1.29, 1.82) is 0 Å². The van der Waals surface area contributed by atoms with Crippen LogP contribution in [-0.2, 0) is 32.3 Å². The Bertz CT molecular complexity index is 705. The summed E-state index contributed by atoms with van der Waals surface area (Å²) in [4.78, 5) is 25.6. The lowest BCUT2D eigenvalue weighted by Gasteiger charge is -2.35. The van der Waals surface area contributed by atoms with E-state index in [1.54, 1.807) is 0 Å². The standard InChI is InChI=1S/C22H23FO4/c23-19-13-7-8-14-22(19,20(24)26-15-17-9-3-1-4-10-17)21(25)27-16-18-11-5-2-6-12-18/h1-6,9-12,19H,7-8,13-16H2. The molecule has 0 saturated heterocycles. The lowest BCUT2D eigenvalue weighted by atomic mass is 9.72. The van der Waals surface area contributed by atoms with E-state index in [9.17, 15) is 14.0 Å². The predicted molar refractivity (Wildman–Crippen MR) is 98.3 cm³/mol. The van der Waals surface area contributed by atoms with E-state index in [-0.39, 0.29) is 26.1 Å². The Morgan fingerprint density at radius 2 is 1.33 bits per heavy atom. The summed E-state index contributed by atoms with van der Waals surface area (Å²) < 4.78 is 25.5. The minimum atomic E-state index is -1.87. The fourth-order valence-corrected chi connectivity index (χ4v) is 3.38. The fourth-order valence-electron chi connectivity index (χ4n) is 3.38. The molecule has 0 aromatic heterocycles. The summed E-state index contributed by atoms with van der Waals surface area (Å²) in [6.45, 7) is 0.000215. The van der Waals surface area contributed by atoms with Gasteiger partial charge in [-0.2, -0.15) is 0 Å². The molecule has 4 nitrogen and oxygen atoms in total. The zero-order valence-corrected chi connectivity index (χ0v) is 15.1. The van der Waals surface area contributed by atoms with Gasteiger partial charge in [-0.05, 0) is 24.0 Å². The molecule has 0 heterocycles. The van der Waals surface area contributed by atoms with Crippen molar-refractivity contribution in [1.82, 2.24) is 0 Å². The van der Waals surface area contributed by atoms with Gasteiger partial charge in [-0.1, -0.05) is 73.5 Å². The van der Waals surface area contributed by atoms with Gasteiger partial charge in [-0.15, -0.1) is 0 Å². The van der Waals surface area contributed by atoms with Gasteiger partial charge in [-0.25, -0.2) is 4.39 Å². The lowest BCUT2D eigenvalue weighted by Crippen LogP contribution is -2.50. The second kappa shape index (κ2) is 8.80. The van der Waals surface area contributed by atoms with Gasteiger partial charge in [0.25, 0.3) is 0 Å². The highest BCUT2D eigenvalue weighted by Gasteiger charge is 2.56. The van der Waals surface area contributed by atoms with E-state index in [1.807, 2.05) is 60.7 Å². The summed E-state index contributed by atoms with van der Waals surface area (Å²) in [5, 5.41) is 0. The quantitative estimate of drug-likeness (QED) is 0.560. The van der Waals surface area contributed by atoms with Gasteiger partial charge < -0.3 is 9.47 Å². The molecule has 0 radical (unpaired) electrons. The summed E-state index contributed by atoms with van der Waals surface area (Å²) >= 11 is 0. The van der Waals surface area contributed by atoms with E-state index in [1.165, 1.54) is 0 Å². The first-order valence-electron chi connectivity index (χ1n) is 9.19. The van der Waals surface area contributed by atoms with Gasteiger partial charge in [0.2, 0.25) is 0 Å². The number of hydrogen-bond donors (Lipinski definition) is 0. The summed E-state index contributed by atoms with van der Waals surface area (Å²) in [6.07, 6.45) is -0.115. The third kappa shape index (κ3) is 4.35. The number of benzene rings is 2. The molecule has 1 aliphatic rings. The second-order valence-electron chi connectivity index (χ2n) is 6.81. The number of hydrogen-bond acceptors (Lipinski definition) is 4. The average Bonchev–Trinajstić information content (AvgIpc) is 2.72. The van der Waals surface area contributed by atoms with Gasteiger partial charge in [0.1, 0.15) is 19.4 Å². The summed E-state index contributed by atoms with van der Waals surface area (Å²) in [5.74, 6) is -1.67. The van der Waals surface area contributed by atoms with Crippen molar-refractivity contribution in [3.63, 3.8) is 0 Å². The molecule has 0 N–H and O–H groups in total. The normalized spacial score (nSPS) is 18.5. The van der Waals surface area contributed by atoms with Crippen LogP contribution in [0.1, 0.15) is 36.8 Å². The Hall–Kier alpha value is -2.69. The van der Waals surface area contributed by atoms with Crippen LogP contribution in [0, 0.1) is 5.41 Å². The van der Waals surface area contributed by atoms with Crippen LogP contribution in [-0.4, -0.2) is 18.1 Å². The highest BCUT2D eigenvalue weighted by Crippen LogP contribution is 2.41. The third-order valence-electron chi connectivity index (χ3n) is 4.97. The molecule has 2 aromatic carbocycles. The highest BCUT2D eigenvalue weighted by atomic mass is 19.1. The summed E-state index contributed by atoms with van der Waals surface area (Å²) in [5.41, 5.74) is -0.309. The van der Waals surface area contributed by atoms with Crippen LogP contribution < -0.4 is 0 Å². The van der Waals surface area contributed by atoms with Crippen LogP contribution in [0.15, 0.2) is 60.7 Å². The third-order valence-corrected chi connectivity index (χ3v) is 4.97. The zero-order valence-electron chi connectivity index (χ0n) is 15.1. The van der Waals surface area contributed by atoms with Crippen molar-refractivity contribution < 1.29 is 23.5 Å². The molecule has 1 aliphatic carbocycles. The van der Waals surface area contributed by atoms with Crippen molar-refractivity contribution in [2.75, 3.05) is 0 Å². The van der Waals surface area contributed by atoms with Gasteiger partial charge in [0, 0.05) is 0 Å². The molecule has 27 heavy (non-hydrogen) atoms. The Kier molecular flexibility index (Phi) is 6.22. The Morgan fingerprint density at radius 1 is 0.852 bits per heavy atom. The van der Waals surface area contributed by atoms with E-state index in [4.69, 9.17) is 9.47 Å². The molecule has 1 saturated carbocycles. The molecule has 0 aliphatic heterocycles. The number of rotatable bonds is 6. The van der Waals surface area contributed by atoms with Crippen LogP contribution in [0.2, 0.25) is 0 Å². The maximum absolute atomic E-state index is 14.9. The van der Waals surface area contributed by atoms with Crippen LogP contribution in [0.5, 0.6) is 0 Å². The van der Waals surface area contributed by atoms with Gasteiger partial charge >= 0.3 is 11.9 Å². The average molecular weight is 370 g/mol. The van der Waals surface area contributed by atoms with E-state index in [2.05, 4.69) is 0 Å². The minimum Gasteiger partial charge on any atom is -0.460 e. The number of alkyl halides is 1. The number of carbonyl (C=O) groups excluding carboxylic acids is 2. The molecule has 3 rings (SSSR count). The van der Waals surface area contributed by atoms with Crippen molar-refractivity contribution in [3.05, 3.63) is 71.8 Å². The highest BCUT2D eigenvalue weighted by molar-refractivity contribution is 6.01. The Morgan fingerprint density at radius 3 is 1.78 bits per heavy atom. The topological polar surface area (TPSA) is 52.6 Å². The van der Waals surface area contributed by atoms with Crippen molar-refractivity contribution >= 4 is 11.9 Å². The van der Waals surface area contributed by atoms with Gasteiger partial charge in [-0.3, -0.25) is 9.59 Å². The zero-order chi connectivity index (χ0) is 19.1. The van der Waals surface area contributed by atoms with Crippen LogP contribution in [0.4, 0.5) is 4.39 Å². The molecule has 142 valence electrons. The number of esters is 2. The molecular formula is C22H23FO4. The predicted octanol–water partition coefficient (Wildman–Crippen LogP) is 4.37. The first-order chi connectivity index (χ1) is 13.1. The lowest BCUT2D eigenvalue weighted by molar-refractivity contribution is -0.183. The SMILES string of the molecule is O=C(OCc1ccccc1)C1(C(=O)OCc2ccccc2)CCCCC1F. The van der Waals surface area contributed by atoms with Gasteiger partial charge in [0.15, 0.2) is 5.41 Å². The van der Waals surface area contributed by atoms with Crippen molar-refractivity contribution in [2.45, 2.75) is 45.1 Å². The monoisotopic (exact) mass is 370 g/mol. The largest absolute Gasteiger partial charge is 0.460 e. The summed E-state index contributed by atoms with van der Waals surface area (Å²) in [6, 6.07) is 18.2. The smallest absolute Gasteiger partial charge is 0.326 e. The summed E-state index contributed by atoms with van der Waals surface area (Å²) in [7, 11) is 0. The Balaban J connectivity index is 1.72. The molecule has 2 aromatic rings. The maximum Gasteiger partial charge on any atom is 0.326 e. The molecule has 1 fully saturated rings. The second-order valence-corrected chi connectivity index (χ2v) is 6.81. The van der Waals surface area contributed by atoms with Crippen molar-refractivity contribution in [3.8, 4) is 0 Å². The van der Waals surface area contributed by atoms with Crippen molar-refractivity contribution in [2.24, 2.45) is 5.41 Å². The van der Waals surface area contributed by atoms with E-state index in [0.717, 1.165) is 11.1 Å². The van der Waals surface area contributed by atoms with E-state index in [0.29, 0.717) is 12.8 Å². The molecular weight excluding hydrogens is 347 g/mol. The number of ether oxygens (including phenoxy) is 2. The van der Waals surface area contributed by atoms with E-state index >= 15 is 0 Å². The molecule has 0 spiro atoms. The molecule has 5 heteroatoms. The molecule has 1 atom stereocenters. The number of carbonyl (C=O) groups is 2. The first-order valence-corrected chi connectivity index (χ1v) is 9.19. The van der Waals surface area contributed by atoms with Crippen LogP contribution in [0.25, 0.3) is 0 Å². The molecule has 0 amide bonds. The Labute approximate surface area is 158 Å². The van der Waals surface area contributed by atoms with Crippen LogP contribution >= 0.6 is 0 Å². The van der Waals surface area contributed by atoms with Crippen LogP contribution in [0.3, 0.4) is 0 Å². The van der Waals surface area contributed by atoms with E-state index < -0.39 is 23.5 Å². The fraction of sp³-hybridized carbons (Fsp3) is 0.364. The maximum atomic E-state index is 14.9. The first kappa shape index (κ1) is 19.1. The number of halogens is 1. The van der Waals surface area contributed by atoms with Gasteiger partial charge in [0.05, 0.1) is 0 Å².